The molecule has 1 rings (SSSR count). The van der Waals surface area contributed by atoms with E-state index in [0.717, 1.165) is 6.54 Å². The van der Waals surface area contributed by atoms with Crippen molar-refractivity contribution in [1.29, 1.82) is 0 Å². The fourth-order valence-electron chi connectivity index (χ4n) is 2.99. The van der Waals surface area contributed by atoms with Crippen molar-refractivity contribution in [3.8, 4) is 0 Å². The molecule has 0 aromatic rings. The normalized spacial score (nSPS) is 28.7. The second kappa shape index (κ2) is 8.97. The minimum atomic E-state index is 0.341. The summed E-state index contributed by atoms with van der Waals surface area (Å²) in [6, 6.07) is 0.708. The average molecular weight is 268 g/mol. The lowest BCUT2D eigenvalue weighted by Gasteiger charge is -2.45. The van der Waals surface area contributed by atoms with Crippen molar-refractivity contribution >= 4 is 0 Å². The van der Waals surface area contributed by atoms with Gasteiger partial charge in [-0.25, -0.2) is 0 Å². The van der Waals surface area contributed by atoms with Crippen molar-refractivity contribution in [3.05, 3.63) is 0 Å². The summed E-state index contributed by atoms with van der Waals surface area (Å²) in [5.41, 5.74) is 0.341. The van der Waals surface area contributed by atoms with Gasteiger partial charge in [-0.15, -0.1) is 0 Å². The molecule has 19 heavy (non-hydrogen) atoms. The molecule has 1 N–H and O–H groups in total. The number of hydrogen-bond acceptors (Lipinski definition) is 2. The van der Waals surface area contributed by atoms with Crippen LogP contribution in [0.2, 0.25) is 0 Å². The van der Waals surface area contributed by atoms with Crippen LogP contribution in [0.5, 0.6) is 0 Å². The van der Waals surface area contributed by atoms with Crippen LogP contribution in [-0.4, -0.2) is 36.1 Å². The zero-order chi connectivity index (χ0) is 14.1. The Kier molecular flexibility index (Phi) is 8.01. The highest BCUT2D eigenvalue weighted by Crippen LogP contribution is 2.19. The summed E-state index contributed by atoms with van der Waals surface area (Å²) in [6.07, 6.45) is 11.1. The fourth-order valence-corrected chi connectivity index (χ4v) is 2.99. The molecule has 2 atom stereocenters. The maximum Gasteiger partial charge on any atom is 0.0278 e. The van der Waals surface area contributed by atoms with Crippen molar-refractivity contribution in [1.82, 2.24) is 10.2 Å². The Bertz CT molecular complexity index is 229. The van der Waals surface area contributed by atoms with Gasteiger partial charge < -0.3 is 5.32 Å². The minimum absolute atomic E-state index is 0.341. The first-order valence-electron chi connectivity index (χ1n) is 8.60. The number of nitrogens with zero attached hydrogens (tertiary/aromatic N) is 1. The monoisotopic (exact) mass is 268 g/mol. The molecule has 0 radical (unpaired) electrons. The molecule has 1 aliphatic rings. The molecular formula is C17H36N2. The van der Waals surface area contributed by atoms with Gasteiger partial charge >= 0.3 is 0 Å². The van der Waals surface area contributed by atoms with Crippen LogP contribution in [0.25, 0.3) is 0 Å². The van der Waals surface area contributed by atoms with Gasteiger partial charge in [-0.1, -0.05) is 52.4 Å². The van der Waals surface area contributed by atoms with E-state index in [9.17, 15) is 0 Å². The van der Waals surface area contributed by atoms with Crippen LogP contribution in [0.4, 0.5) is 0 Å². The van der Waals surface area contributed by atoms with Crippen LogP contribution in [0, 0.1) is 0 Å². The van der Waals surface area contributed by atoms with Crippen LogP contribution >= 0.6 is 0 Å². The number of nitrogens with one attached hydrogen (secondary N) is 1. The van der Waals surface area contributed by atoms with Gasteiger partial charge in [0.25, 0.3) is 0 Å². The molecule has 1 heterocycles. The standard InChI is InChI=1S/C17H36N2/c1-5-7-8-9-10-11-12-13-19-15-17(4,6-2)18-14-16(19)3/h16,18H,5-15H2,1-4H3. The topological polar surface area (TPSA) is 15.3 Å². The molecule has 0 aliphatic carbocycles. The highest BCUT2D eigenvalue weighted by Gasteiger charge is 2.31. The lowest BCUT2D eigenvalue weighted by molar-refractivity contribution is 0.0914. The molecule has 2 unspecified atom stereocenters. The Balaban J connectivity index is 2.13. The predicted molar refractivity (Wildman–Crippen MR) is 85.7 cm³/mol. The van der Waals surface area contributed by atoms with E-state index in [-0.39, 0.29) is 0 Å². The number of piperazine rings is 1. The molecule has 0 aromatic heterocycles. The van der Waals surface area contributed by atoms with Crippen molar-refractivity contribution < 1.29 is 0 Å². The van der Waals surface area contributed by atoms with Crippen LogP contribution in [0.1, 0.15) is 79.1 Å². The van der Waals surface area contributed by atoms with Gasteiger partial charge in [0.1, 0.15) is 0 Å². The molecule has 0 spiro atoms. The van der Waals surface area contributed by atoms with E-state index in [2.05, 4.69) is 37.9 Å². The zero-order valence-corrected chi connectivity index (χ0v) is 13.8. The molecule has 0 aromatic carbocycles. The molecule has 2 nitrogen and oxygen atoms in total. The number of rotatable bonds is 9. The molecule has 1 aliphatic heterocycles. The summed E-state index contributed by atoms with van der Waals surface area (Å²) in [4.78, 5) is 2.70. The second-order valence-electron chi connectivity index (χ2n) is 6.74. The largest absolute Gasteiger partial charge is 0.309 e. The smallest absolute Gasteiger partial charge is 0.0278 e. The van der Waals surface area contributed by atoms with E-state index in [1.807, 2.05) is 0 Å². The second-order valence-corrected chi connectivity index (χ2v) is 6.74. The van der Waals surface area contributed by atoms with E-state index in [1.54, 1.807) is 0 Å². The van der Waals surface area contributed by atoms with E-state index < -0.39 is 0 Å². The van der Waals surface area contributed by atoms with E-state index in [1.165, 1.54) is 64.5 Å². The highest BCUT2D eigenvalue weighted by molar-refractivity contribution is 4.92. The lowest BCUT2D eigenvalue weighted by atomic mass is 9.93. The van der Waals surface area contributed by atoms with Gasteiger partial charge in [0.15, 0.2) is 0 Å². The van der Waals surface area contributed by atoms with Gasteiger partial charge in [0.05, 0.1) is 0 Å². The predicted octanol–water partition coefficient (Wildman–Crippen LogP) is 4.20. The average Bonchev–Trinajstić information content (AvgIpc) is 2.42. The Morgan fingerprint density at radius 2 is 1.68 bits per heavy atom. The molecular weight excluding hydrogens is 232 g/mol. The van der Waals surface area contributed by atoms with Crippen molar-refractivity contribution in [2.75, 3.05) is 19.6 Å². The van der Waals surface area contributed by atoms with E-state index >= 15 is 0 Å². The molecule has 114 valence electrons. The van der Waals surface area contributed by atoms with Gasteiger partial charge in [-0.05, 0) is 33.2 Å². The van der Waals surface area contributed by atoms with Gasteiger partial charge in [-0.2, -0.15) is 0 Å². The third-order valence-electron chi connectivity index (χ3n) is 4.83. The first-order chi connectivity index (χ1) is 9.11. The van der Waals surface area contributed by atoms with E-state index in [0.29, 0.717) is 11.6 Å². The molecule has 2 heteroatoms. The molecule has 1 saturated heterocycles. The first kappa shape index (κ1) is 17.0. The third kappa shape index (κ3) is 6.27. The number of unbranched alkanes of at least 4 members (excludes halogenated alkanes) is 6. The minimum Gasteiger partial charge on any atom is -0.309 e. The molecule has 0 bridgehead atoms. The van der Waals surface area contributed by atoms with Crippen LogP contribution in [0.3, 0.4) is 0 Å². The third-order valence-corrected chi connectivity index (χ3v) is 4.83. The van der Waals surface area contributed by atoms with Gasteiger partial charge in [0, 0.05) is 24.7 Å². The summed E-state index contributed by atoms with van der Waals surface area (Å²) >= 11 is 0. The van der Waals surface area contributed by atoms with Gasteiger partial charge in [0.2, 0.25) is 0 Å². The highest BCUT2D eigenvalue weighted by atomic mass is 15.2. The Hall–Kier alpha value is -0.0800. The maximum absolute atomic E-state index is 3.71. The maximum atomic E-state index is 3.71. The molecule has 0 saturated carbocycles. The summed E-state index contributed by atoms with van der Waals surface area (Å²) in [5.74, 6) is 0. The number of hydrogen-bond donors (Lipinski definition) is 1. The summed E-state index contributed by atoms with van der Waals surface area (Å²) in [7, 11) is 0. The quantitative estimate of drug-likeness (QED) is 0.631. The zero-order valence-electron chi connectivity index (χ0n) is 13.8. The van der Waals surface area contributed by atoms with Gasteiger partial charge in [-0.3, -0.25) is 4.90 Å². The van der Waals surface area contributed by atoms with Crippen molar-refractivity contribution in [3.63, 3.8) is 0 Å². The molecule has 0 amide bonds. The fraction of sp³-hybridized carbons (Fsp3) is 1.00. The molecule has 1 fully saturated rings. The first-order valence-corrected chi connectivity index (χ1v) is 8.60. The van der Waals surface area contributed by atoms with Crippen molar-refractivity contribution in [2.45, 2.75) is 90.6 Å². The van der Waals surface area contributed by atoms with E-state index in [4.69, 9.17) is 0 Å². The van der Waals surface area contributed by atoms with Crippen molar-refractivity contribution in [2.24, 2.45) is 0 Å². The SMILES string of the molecule is CCCCCCCCCN1CC(C)(CC)NCC1C. The van der Waals surface area contributed by atoms with Crippen LogP contribution < -0.4 is 5.32 Å². The summed E-state index contributed by atoms with van der Waals surface area (Å²) < 4.78 is 0. The Morgan fingerprint density at radius 3 is 2.32 bits per heavy atom. The summed E-state index contributed by atoms with van der Waals surface area (Å²) in [5, 5.41) is 3.71. The summed E-state index contributed by atoms with van der Waals surface area (Å²) in [6.45, 7) is 13.0. The van der Waals surface area contributed by atoms with Crippen LogP contribution in [-0.2, 0) is 0 Å². The Morgan fingerprint density at radius 1 is 1.05 bits per heavy atom. The lowest BCUT2D eigenvalue weighted by Crippen LogP contribution is -2.61. The van der Waals surface area contributed by atoms with Crippen LogP contribution in [0.15, 0.2) is 0 Å². The Labute approximate surface area is 121 Å².